The Morgan fingerprint density at radius 1 is 1.00 bits per heavy atom. The quantitative estimate of drug-likeness (QED) is 0.852. The van der Waals surface area contributed by atoms with Crippen LogP contribution in [0.2, 0.25) is 0 Å². The molecule has 2 fully saturated rings. The molecule has 3 heteroatoms. The average Bonchev–Trinajstić information content (AvgIpc) is 2.38. The van der Waals surface area contributed by atoms with E-state index in [4.69, 9.17) is 4.74 Å². The molecular formula is C16H32N2O. The van der Waals surface area contributed by atoms with E-state index in [9.17, 15) is 0 Å². The Kier molecular flexibility index (Phi) is 5.27. The van der Waals surface area contributed by atoms with Crippen molar-refractivity contribution >= 4 is 0 Å². The summed E-state index contributed by atoms with van der Waals surface area (Å²) in [6.07, 6.45) is 8.18. The maximum Gasteiger partial charge on any atom is 0.0586 e. The Balaban J connectivity index is 1.73. The van der Waals surface area contributed by atoms with Crippen molar-refractivity contribution in [3.63, 3.8) is 0 Å². The highest BCUT2D eigenvalue weighted by atomic mass is 16.5. The van der Waals surface area contributed by atoms with Gasteiger partial charge in [0.15, 0.2) is 0 Å². The van der Waals surface area contributed by atoms with Gasteiger partial charge >= 0.3 is 0 Å². The van der Waals surface area contributed by atoms with Crippen LogP contribution in [0, 0.1) is 0 Å². The van der Waals surface area contributed by atoms with Crippen LogP contribution in [-0.4, -0.2) is 48.8 Å². The average molecular weight is 268 g/mol. The molecule has 1 aliphatic carbocycles. The Morgan fingerprint density at radius 3 is 2.26 bits per heavy atom. The molecule has 0 spiro atoms. The smallest absolute Gasteiger partial charge is 0.0586 e. The fourth-order valence-electron chi connectivity index (χ4n) is 3.56. The molecule has 112 valence electrons. The fraction of sp³-hybridized carbons (Fsp3) is 1.00. The number of rotatable bonds is 3. The summed E-state index contributed by atoms with van der Waals surface area (Å²) >= 11 is 0. The van der Waals surface area contributed by atoms with Crippen LogP contribution in [-0.2, 0) is 4.74 Å². The Hall–Kier alpha value is -0.120. The Morgan fingerprint density at radius 2 is 1.68 bits per heavy atom. The number of hydrogen-bond acceptors (Lipinski definition) is 3. The highest BCUT2D eigenvalue weighted by Gasteiger charge is 2.29. The molecule has 19 heavy (non-hydrogen) atoms. The number of nitrogens with one attached hydrogen (secondary N) is 1. The van der Waals surface area contributed by atoms with E-state index in [0.29, 0.717) is 17.7 Å². The topological polar surface area (TPSA) is 24.5 Å². The van der Waals surface area contributed by atoms with Crippen LogP contribution in [0.3, 0.4) is 0 Å². The first-order valence-corrected chi connectivity index (χ1v) is 8.03. The maximum atomic E-state index is 5.52. The standard InChI is InChI=1S/C16H32N2O/c1-16(2,3)18-10-8-13(9-11-18)17-14-6-5-7-15(12-14)19-4/h13-15,17H,5-12H2,1-4H3. The van der Waals surface area contributed by atoms with E-state index < -0.39 is 0 Å². The van der Waals surface area contributed by atoms with Crippen LogP contribution in [0.25, 0.3) is 0 Å². The van der Waals surface area contributed by atoms with Gasteiger partial charge < -0.3 is 10.1 Å². The van der Waals surface area contributed by atoms with Gasteiger partial charge in [0.2, 0.25) is 0 Å². The molecule has 0 aromatic carbocycles. The number of piperidine rings is 1. The molecule has 1 heterocycles. The SMILES string of the molecule is COC1CCCC(NC2CCN(C(C)(C)C)CC2)C1. The third-order valence-corrected chi connectivity index (χ3v) is 4.87. The minimum Gasteiger partial charge on any atom is -0.381 e. The summed E-state index contributed by atoms with van der Waals surface area (Å²) in [4.78, 5) is 2.62. The van der Waals surface area contributed by atoms with E-state index in [1.54, 1.807) is 0 Å². The number of likely N-dealkylation sites (tertiary alicyclic amines) is 1. The fourth-order valence-corrected chi connectivity index (χ4v) is 3.56. The van der Waals surface area contributed by atoms with Crippen LogP contribution in [0.4, 0.5) is 0 Å². The molecular weight excluding hydrogens is 236 g/mol. The second kappa shape index (κ2) is 6.55. The van der Waals surface area contributed by atoms with Crippen molar-refractivity contribution in [2.45, 2.75) is 83.0 Å². The normalized spacial score (nSPS) is 31.6. The Bertz CT molecular complexity index is 266. The van der Waals surface area contributed by atoms with Gasteiger partial charge in [0, 0.05) is 37.8 Å². The van der Waals surface area contributed by atoms with Crippen molar-refractivity contribution in [3.8, 4) is 0 Å². The molecule has 0 aromatic rings. The molecule has 0 bridgehead atoms. The van der Waals surface area contributed by atoms with Gasteiger partial charge in [-0.2, -0.15) is 0 Å². The van der Waals surface area contributed by atoms with E-state index >= 15 is 0 Å². The lowest BCUT2D eigenvalue weighted by Gasteiger charge is -2.42. The summed E-state index contributed by atoms with van der Waals surface area (Å²) in [5.74, 6) is 0. The van der Waals surface area contributed by atoms with Gasteiger partial charge in [-0.1, -0.05) is 0 Å². The predicted octanol–water partition coefficient (Wildman–Crippen LogP) is 2.80. The highest BCUT2D eigenvalue weighted by molar-refractivity contribution is 4.87. The lowest BCUT2D eigenvalue weighted by molar-refractivity contribution is 0.0504. The second-order valence-corrected chi connectivity index (χ2v) is 7.32. The first-order chi connectivity index (χ1) is 8.99. The molecule has 0 amide bonds. The van der Waals surface area contributed by atoms with Gasteiger partial charge in [-0.3, -0.25) is 4.90 Å². The summed E-state index contributed by atoms with van der Waals surface area (Å²) < 4.78 is 5.52. The molecule has 1 saturated heterocycles. The van der Waals surface area contributed by atoms with Crippen LogP contribution in [0.1, 0.15) is 59.3 Å². The predicted molar refractivity (Wildman–Crippen MR) is 80.5 cm³/mol. The maximum absolute atomic E-state index is 5.52. The van der Waals surface area contributed by atoms with Gasteiger partial charge in [-0.05, 0) is 59.3 Å². The zero-order valence-electron chi connectivity index (χ0n) is 13.2. The van der Waals surface area contributed by atoms with E-state index in [-0.39, 0.29) is 0 Å². The number of hydrogen-bond donors (Lipinski definition) is 1. The minimum atomic E-state index is 0.330. The summed E-state index contributed by atoms with van der Waals surface area (Å²) in [6.45, 7) is 9.45. The third kappa shape index (κ3) is 4.44. The second-order valence-electron chi connectivity index (χ2n) is 7.32. The van der Waals surface area contributed by atoms with Gasteiger partial charge in [0.1, 0.15) is 0 Å². The zero-order chi connectivity index (χ0) is 13.9. The summed E-state index contributed by atoms with van der Waals surface area (Å²) in [7, 11) is 1.86. The minimum absolute atomic E-state index is 0.330. The van der Waals surface area contributed by atoms with E-state index in [1.165, 1.54) is 51.6 Å². The van der Waals surface area contributed by atoms with Gasteiger partial charge in [0.25, 0.3) is 0 Å². The largest absolute Gasteiger partial charge is 0.381 e. The molecule has 3 nitrogen and oxygen atoms in total. The number of ether oxygens (including phenoxy) is 1. The Labute approximate surface area is 119 Å². The molecule has 0 aromatic heterocycles. The number of nitrogens with zero attached hydrogens (tertiary/aromatic N) is 1. The molecule has 2 atom stereocenters. The van der Waals surface area contributed by atoms with E-state index in [1.807, 2.05) is 7.11 Å². The van der Waals surface area contributed by atoms with Gasteiger partial charge in [-0.25, -0.2) is 0 Å². The highest BCUT2D eigenvalue weighted by Crippen LogP contribution is 2.24. The molecule has 0 radical (unpaired) electrons. The lowest BCUT2D eigenvalue weighted by Crippen LogP contribution is -2.52. The van der Waals surface area contributed by atoms with Crippen molar-refractivity contribution in [2.24, 2.45) is 0 Å². The molecule has 2 unspecified atom stereocenters. The van der Waals surface area contributed by atoms with Crippen LogP contribution < -0.4 is 5.32 Å². The van der Waals surface area contributed by atoms with Crippen LogP contribution in [0.5, 0.6) is 0 Å². The summed E-state index contributed by atoms with van der Waals surface area (Å²) in [6, 6.07) is 1.41. The van der Waals surface area contributed by atoms with Crippen LogP contribution >= 0.6 is 0 Å². The third-order valence-electron chi connectivity index (χ3n) is 4.87. The van der Waals surface area contributed by atoms with Gasteiger partial charge in [-0.15, -0.1) is 0 Å². The van der Waals surface area contributed by atoms with E-state index in [2.05, 4.69) is 31.0 Å². The van der Waals surface area contributed by atoms with Crippen molar-refractivity contribution in [1.82, 2.24) is 10.2 Å². The molecule has 2 rings (SSSR count). The van der Waals surface area contributed by atoms with Gasteiger partial charge in [0.05, 0.1) is 6.10 Å². The number of methoxy groups -OCH3 is 1. The van der Waals surface area contributed by atoms with Crippen molar-refractivity contribution in [3.05, 3.63) is 0 Å². The van der Waals surface area contributed by atoms with Crippen molar-refractivity contribution in [2.75, 3.05) is 20.2 Å². The first-order valence-electron chi connectivity index (χ1n) is 8.03. The summed E-state index contributed by atoms with van der Waals surface area (Å²) in [5, 5.41) is 3.89. The van der Waals surface area contributed by atoms with E-state index in [0.717, 1.165) is 6.04 Å². The first kappa shape index (κ1) is 15.3. The molecule has 1 N–H and O–H groups in total. The zero-order valence-corrected chi connectivity index (χ0v) is 13.2. The monoisotopic (exact) mass is 268 g/mol. The summed E-state index contributed by atoms with van der Waals surface area (Å²) in [5.41, 5.74) is 0.330. The molecule has 2 aliphatic rings. The lowest BCUT2D eigenvalue weighted by atomic mass is 9.91. The van der Waals surface area contributed by atoms with Crippen molar-refractivity contribution in [1.29, 1.82) is 0 Å². The van der Waals surface area contributed by atoms with Crippen molar-refractivity contribution < 1.29 is 4.74 Å². The molecule has 1 aliphatic heterocycles. The molecule has 1 saturated carbocycles. The van der Waals surface area contributed by atoms with Crippen LogP contribution in [0.15, 0.2) is 0 Å².